The molecule has 2 rings (SSSR count). The highest BCUT2D eigenvalue weighted by molar-refractivity contribution is 5.99. The highest BCUT2D eigenvalue weighted by Crippen LogP contribution is 2.12. The van der Waals surface area contributed by atoms with E-state index < -0.39 is 23.4 Å². The Bertz CT molecular complexity index is 660. The minimum atomic E-state index is -1.05. The molecule has 0 spiro atoms. The summed E-state index contributed by atoms with van der Waals surface area (Å²) in [5.74, 6) is -2.98. The van der Waals surface area contributed by atoms with Gasteiger partial charge in [0.1, 0.15) is 0 Å². The Hall–Kier alpha value is -2.76. The van der Waals surface area contributed by atoms with Crippen molar-refractivity contribution < 1.29 is 18.4 Å². The summed E-state index contributed by atoms with van der Waals surface area (Å²) in [6.07, 6.45) is 0. The lowest BCUT2D eigenvalue weighted by Gasteiger charge is -2.07. The van der Waals surface area contributed by atoms with Crippen LogP contribution in [0.25, 0.3) is 0 Å². The zero-order valence-corrected chi connectivity index (χ0v) is 10.9. The molecule has 2 aromatic rings. The van der Waals surface area contributed by atoms with Gasteiger partial charge in [-0.1, -0.05) is 18.2 Å². The molecule has 6 heteroatoms. The van der Waals surface area contributed by atoms with Gasteiger partial charge in [-0.3, -0.25) is 9.59 Å². The van der Waals surface area contributed by atoms with Crippen LogP contribution in [0, 0.1) is 11.6 Å². The number of halogens is 2. The van der Waals surface area contributed by atoms with Gasteiger partial charge in [0.15, 0.2) is 11.6 Å². The van der Waals surface area contributed by atoms with Crippen LogP contribution in [0.15, 0.2) is 48.5 Å². The Morgan fingerprint density at radius 3 is 2.33 bits per heavy atom. The molecule has 2 amide bonds. The second-order valence-corrected chi connectivity index (χ2v) is 4.23. The van der Waals surface area contributed by atoms with Gasteiger partial charge in [-0.2, -0.15) is 0 Å². The lowest BCUT2D eigenvalue weighted by Crippen LogP contribution is -2.32. The molecule has 0 aliphatic rings. The lowest BCUT2D eigenvalue weighted by atomic mass is 10.2. The molecular formula is C15H12F2N2O2. The number of nitrogens with one attached hydrogen (secondary N) is 2. The van der Waals surface area contributed by atoms with Crippen LogP contribution in [0.4, 0.5) is 14.5 Å². The van der Waals surface area contributed by atoms with Crippen LogP contribution in [-0.2, 0) is 4.79 Å². The van der Waals surface area contributed by atoms with E-state index in [0.717, 1.165) is 12.1 Å². The first-order chi connectivity index (χ1) is 10.1. The van der Waals surface area contributed by atoms with E-state index in [4.69, 9.17) is 0 Å². The van der Waals surface area contributed by atoms with Gasteiger partial charge in [-0.25, -0.2) is 8.78 Å². The van der Waals surface area contributed by atoms with Crippen molar-refractivity contribution in [1.82, 2.24) is 5.32 Å². The fraction of sp³-hybridized carbons (Fsp3) is 0.0667. The zero-order chi connectivity index (χ0) is 15.2. The predicted molar refractivity (Wildman–Crippen MR) is 73.8 cm³/mol. The number of benzene rings is 2. The molecule has 0 radical (unpaired) electrons. The van der Waals surface area contributed by atoms with Crippen molar-refractivity contribution in [2.45, 2.75) is 0 Å². The summed E-state index contributed by atoms with van der Waals surface area (Å²) in [6, 6.07) is 11.4. The molecule has 0 aromatic heterocycles. The SMILES string of the molecule is O=C(CNC(=O)c1ccccc1)Nc1ccc(F)c(F)c1. The average Bonchev–Trinajstić information content (AvgIpc) is 2.49. The molecule has 4 nitrogen and oxygen atoms in total. The number of hydrogen-bond donors (Lipinski definition) is 2. The fourth-order valence-corrected chi connectivity index (χ4v) is 1.63. The summed E-state index contributed by atoms with van der Waals surface area (Å²) in [7, 11) is 0. The maximum Gasteiger partial charge on any atom is 0.251 e. The molecule has 0 bridgehead atoms. The maximum absolute atomic E-state index is 13.0. The van der Waals surface area contributed by atoms with E-state index in [2.05, 4.69) is 10.6 Å². The molecule has 0 aliphatic carbocycles. The molecule has 0 aliphatic heterocycles. The highest BCUT2D eigenvalue weighted by Gasteiger charge is 2.09. The third-order valence-electron chi connectivity index (χ3n) is 2.65. The molecule has 2 aromatic carbocycles. The first-order valence-electron chi connectivity index (χ1n) is 6.14. The number of amides is 2. The van der Waals surface area contributed by atoms with E-state index in [1.54, 1.807) is 30.3 Å². The summed E-state index contributed by atoms with van der Waals surface area (Å²) in [5, 5.41) is 4.78. The monoisotopic (exact) mass is 290 g/mol. The molecule has 0 saturated heterocycles. The Morgan fingerprint density at radius 1 is 0.952 bits per heavy atom. The molecule has 0 fully saturated rings. The Kier molecular flexibility index (Phi) is 4.61. The van der Waals surface area contributed by atoms with Gasteiger partial charge in [-0.15, -0.1) is 0 Å². The molecular weight excluding hydrogens is 278 g/mol. The van der Waals surface area contributed by atoms with Crippen LogP contribution in [-0.4, -0.2) is 18.4 Å². The Balaban J connectivity index is 1.87. The summed E-state index contributed by atoms with van der Waals surface area (Å²) in [4.78, 5) is 23.3. The molecule has 0 saturated carbocycles. The molecule has 0 atom stereocenters. The Labute approximate surface area is 119 Å². The number of carbonyl (C=O) groups is 2. The van der Waals surface area contributed by atoms with Crippen molar-refractivity contribution in [1.29, 1.82) is 0 Å². The van der Waals surface area contributed by atoms with Crippen LogP contribution in [0.5, 0.6) is 0 Å². The normalized spacial score (nSPS) is 10.0. The zero-order valence-electron chi connectivity index (χ0n) is 10.9. The van der Waals surface area contributed by atoms with Gasteiger partial charge >= 0.3 is 0 Å². The van der Waals surface area contributed by atoms with Gasteiger partial charge in [0.05, 0.1) is 6.54 Å². The van der Waals surface area contributed by atoms with Crippen molar-refractivity contribution in [3.05, 3.63) is 65.7 Å². The number of carbonyl (C=O) groups excluding carboxylic acids is 2. The topological polar surface area (TPSA) is 58.2 Å². The smallest absolute Gasteiger partial charge is 0.251 e. The van der Waals surface area contributed by atoms with Crippen molar-refractivity contribution in [3.63, 3.8) is 0 Å². The number of rotatable bonds is 4. The molecule has 0 unspecified atom stereocenters. The summed E-state index contributed by atoms with van der Waals surface area (Å²) in [6.45, 7) is -0.271. The minimum Gasteiger partial charge on any atom is -0.343 e. The largest absolute Gasteiger partial charge is 0.343 e. The molecule has 0 heterocycles. The quantitative estimate of drug-likeness (QED) is 0.908. The standard InChI is InChI=1S/C15H12F2N2O2/c16-12-7-6-11(8-13(12)17)19-14(20)9-18-15(21)10-4-2-1-3-5-10/h1-8H,9H2,(H,18,21)(H,19,20). The average molecular weight is 290 g/mol. The van der Waals surface area contributed by atoms with Gasteiger partial charge in [-0.05, 0) is 24.3 Å². The molecule has 2 N–H and O–H groups in total. The van der Waals surface area contributed by atoms with Gasteiger partial charge < -0.3 is 10.6 Å². The van der Waals surface area contributed by atoms with Crippen LogP contribution in [0.2, 0.25) is 0 Å². The van der Waals surface area contributed by atoms with E-state index in [9.17, 15) is 18.4 Å². The second-order valence-electron chi connectivity index (χ2n) is 4.23. The third-order valence-corrected chi connectivity index (χ3v) is 2.65. The van der Waals surface area contributed by atoms with Gasteiger partial charge in [0.2, 0.25) is 5.91 Å². The lowest BCUT2D eigenvalue weighted by molar-refractivity contribution is -0.115. The third kappa shape index (κ3) is 4.10. The van der Waals surface area contributed by atoms with E-state index in [1.165, 1.54) is 6.07 Å². The Morgan fingerprint density at radius 2 is 1.67 bits per heavy atom. The summed E-state index contributed by atoms with van der Waals surface area (Å²) < 4.78 is 25.7. The fourth-order valence-electron chi connectivity index (χ4n) is 1.63. The first kappa shape index (κ1) is 14.6. The number of anilines is 1. The van der Waals surface area contributed by atoms with Crippen LogP contribution < -0.4 is 10.6 Å². The first-order valence-corrected chi connectivity index (χ1v) is 6.14. The van der Waals surface area contributed by atoms with E-state index >= 15 is 0 Å². The van der Waals surface area contributed by atoms with Gasteiger partial charge in [0.25, 0.3) is 5.91 Å². The second kappa shape index (κ2) is 6.60. The minimum absolute atomic E-state index is 0.118. The van der Waals surface area contributed by atoms with E-state index in [1.807, 2.05) is 0 Å². The van der Waals surface area contributed by atoms with Crippen molar-refractivity contribution >= 4 is 17.5 Å². The molecule has 21 heavy (non-hydrogen) atoms. The van der Waals surface area contributed by atoms with Crippen LogP contribution in [0.1, 0.15) is 10.4 Å². The highest BCUT2D eigenvalue weighted by atomic mass is 19.2. The van der Waals surface area contributed by atoms with E-state index in [-0.39, 0.29) is 12.2 Å². The predicted octanol–water partition coefficient (Wildman–Crippen LogP) is 2.33. The number of hydrogen-bond acceptors (Lipinski definition) is 2. The molecule has 108 valence electrons. The van der Waals surface area contributed by atoms with E-state index in [0.29, 0.717) is 5.56 Å². The maximum atomic E-state index is 13.0. The van der Waals surface area contributed by atoms with Crippen molar-refractivity contribution in [2.24, 2.45) is 0 Å². The van der Waals surface area contributed by atoms with Gasteiger partial charge in [0, 0.05) is 17.3 Å². The summed E-state index contributed by atoms with van der Waals surface area (Å²) in [5.41, 5.74) is 0.547. The van der Waals surface area contributed by atoms with Crippen LogP contribution in [0.3, 0.4) is 0 Å². The van der Waals surface area contributed by atoms with Crippen molar-refractivity contribution in [3.8, 4) is 0 Å². The summed E-state index contributed by atoms with van der Waals surface area (Å²) >= 11 is 0. The van der Waals surface area contributed by atoms with Crippen molar-refractivity contribution in [2.75, 3.05) is 11.9 Å². The van der Waals surface area contributed by atoms with Crippen LogP contribution >= 0.6 is 0 Å².